The molecular formula is C24H23N3OS. The number of hydrogen-bond donors (Lipinski definition) is 1. The van der Waals surface area contributed by atoms with Crippen LogP contribution in [-0.2, 0) is 11.2 Å². The third kappa shape index (κ3) is 4.05. The molecule has 146 valence electrons. The minimum absolute atomic E-state index is 0.108. The summed E-state index contributed by atoms with van der Waals surface area (Å²) >= 11 is 1.38. The van der Waals surface area contributed by atoms with Gasteiger partial charge in [-0.05, 0) is 79.6 Å². The predicted octanol–water partition coefficient (Wildman–Crippen LogP) is 5.55. The molecule has 0 atom stereocenters. The number of hydrogen-bond acceptors (Lipinski definition) is 3. The van der Waals surface area contributed by atoms with E-state index in [2.05, 4.69) is 66.0 Å². The van der Waals surface area contributed by atoms with Crippen molar-refractivity contribution in [3.8, 4) is 5.69 Å². The molecule has 29 heavy (non-hydrogen) atoms. The van der Waals surface area contributed by atoms with Gasteiger partial charge in [-0.25, -0.2) is 4.99 Å². The maximum Gasteiger partial charge on any atom is 0.264 e. The molecule has 1 saturated heterocycles. The zero-order chi connectivity index (χ0) is 20.4. The summed E-state index contributed by atoms with van der Waals surface area (Å²) in [6.45, 7) is 6.28. The number of para-hydroxylation sites is 1. The van der Waals surface area contributed by atoms with Gasteiger partial charge in [0.2, 0.25) is 0 Å². The molecule has 2 aromatic carbocycles. The lowest BCUT2D eigenvalue weighted by Gasteiger charge is -2.09. The van der Waals surface area contributed by atoms with Crippen LogP contribution in [0.5, 0.6) is 0 Å². The van der Waals surface area contributed by atoms with Crippen molar-refractivity contribution in [1.82, 2.24) is 9.88 Å². The van der Waals surface area contributed by atoms with Crippen LogP contribution in [0.1, 0.15) is 29.4 Å². The average Bonchev–Trinajstić information content (AvgIpc) is 3.21. The van der Waals surface area contributed by atoms with Crippen molar-refractivity contribution in [1.29, 1.82) is 0 Å². The lowest BCUT2D eigenvalue weighted by Crippen LogP contribution is -2.19. The van der Waals surface area contributed by atoms with Gasteiger partial charge in [0.05, 0.1) is 10.6 Å². The van der Waals surface area contributed by atoms with Gasteiger partial charge in [0, 0.05) is 17.1 Å². The van der Waals surface area contributed by atoms with E-state index < -0.39 is 0 Å². The Labute approximate surface area is 175 Å². The molecule has 0 spiro atoms. The van der Waals surface area contributed by atoms with Crippen molar-refractivity contribution in [3.05, 3.63) is 88.1 Å². The fourth-order valence-corrected chi connectivity index (χ4v) is 4.29. The molecule has 3 aromatic rings. The van der Waals surface area contributed by atoms with E-state index in [-0.39, 0.29) is 5.91 Å². The number of aromatic nitrogens is 1. The zero-order valence-corrected chi connectivity index (χ0v) is 17.6. The van der Waals surface area contributed by atoms with E-state index in [0.717, 1.165) is 34.7 Å². The highest BCUT2D eigenvalue weighted by molar-refractivity contribution is 8.18. The fraction of sp³-hybridized carbons (Fsp3) is 0.167. The van der Waals surface area contributed by atoms with Crippen molar-refractivity contribution in [3.63, 3.8) is 0 Å². The molecule has 0 radical (unpaired) electrons. The number of thioether (sulfide) groups is 1. The highest BCUT2D eigenvalue weighted by Crippen LogP contribution is 2.30. The van der Waals surface area contributed by atoms with E-state index >= 15 is 0 Å². The number of nitrogens with zero attached hydrogens (tertiary/aromatic N) is 2. The number of benzene rings is 2. The molecule has 1 amide bonds. The Morgan fingerprint density at radius 3 is 2.48 bits per heavy atom. The minimum Gasteiger partial charge on any atom is -0.318 e. The number of rotatable bonds is 4. The van der Waals surface area contributed by atoms with Gasteiger partial charge in [0.15, 0.2) is 5.17 Å². The fourth-order valence-electron chi connectivity index (χ4n) is 3.45. The number of aryl methyl sites for hydroxylation is 2. The minimum atomic E-state index is -0.108. The Bertz CT molecular complexity index is 1110. The lowest BCUT2D eigenvalue weighted by atomic mass is 10.2. The van der Waals surface area contributed by atoms with Crippen LogP contribution in [0.3, 0.4) is 0 Å². The van der Waals surface area contributed by atoms with Gasteiger partial charge in [0.25, 0.3) is 5.91 Å². The molecule has 1 fully saturated rings. The first kappa shape index (κ1) is 19.3. The zero-order valence-electron chi connectivity index (χ0n) is 16.8. The topological polar surface area (TPSA) is 46.4 Å². The van der Waals surface area contributed by atoms with Crippen LogP contribution >= 0.6 is 11.8 Å². The van der Waals surface area contributed by atoms with Crippen LogP contribution < -0.4 is 5.32 Å². The molecule has 0 bridgehead atoms. The molecule has 1 aromatic heterocycles. The molecule has 1 N–H and O–H groups in total. The molecule has 2 heterocycles. The van der Waals surface area contributed by atoms with Gasteiger partial charge in [-0.3, -0.25) is 4.79 Å². The van der Waals surface area contributed by atoms with Gasteiger partial charge < -0.3 is 9.88 Å². The number of carbonyl (C=O) groups is 1. The number of amidine groups is 1. The summed E-state index contributed by atoms with van der Waals surface area (Å²) in [4.78, 5) is 17.7. The quantitative estimate of drug-likeness (QED) is 0.583. The third-order valence-corrected chi connectivity index (χ3v) is 5.91. The third-order valence-electron chi connectivity index (χ3n) is 5.00. The first-order valence-corrected chi connectivity index (χ1v) is 10.5. The van der Waals surface area contributed by atoms with E-state index in [1.54, 1.807) is 0 Å². The summed E-state index contributed by atoms with van der Waals surface area (Å²) in [5.41, 5.74) is 6.51. The van der Waals surface area contributed by atoms with Gasteiger partial charge >= 0.3 is 0 Å². The van der Waals surface area contributed by atoms with Crippen molar-refractivity contribution in [2.24, 2.45) is 4.99 Å². The Morgan fingerprint density at radius 1 is 1.07 bits per heavy atom. The SMILES string of the molecule is CCc1ccc(N=C2NC(=O)/C(=C\c3cc(C)n(-c4ccccc4)c3C)S2)cc1. The van der Waals surface area contributed by atoms with Crippen LogP contribution in [0.25, 0.3) is 11.8 Å². The molecule has 1 aliphatic heterocycles. The Morgan fingerprint density at radius 2 is 1.79 bits per heavy atom. The van der Waals surface area contributed by atoms with E-state index in [4.69, 9.17) is 0 Å². The Kier molecular flexibility index (Phi) is 5.41. The van der Waals surface area contributed by atoms with Crippen LogP contribution in [-0.4, -0.2) is 15.6 Å². The Hall–Kier alpha value is -3.05. The molecule has 4 rings (SSSR count). The van der Waals surface area contributed by atoms with E-state index in [0.29, 0.717) is 10.1 Å². The summed E-state index contributed by atoms with van der Waals surface area (Å²) in [5, 5.41) is 3.49. The first-order chi connectivity index (χ1) is 14.0. The average molecular weight is 402 g/mol. The second-order valence-electron chi connectivity index (χ2n) is 7.00. The highest BCUT2D eigenvalue weighted by atomic mass is 32.2. The summed E-state index contributed by atoms with van der Waals surface area (Å²) < 4.78 is 2.20. The highest BCUT2D eigenvalue weighted by Gasteiger charge is 2.24. The summed E-state index contributed by atoms with van der Waals surface area (Å²) in [7, 11) is 0. The number of aliphatic imine (C=N–C) groups is 1. The first-order valence-electron chi connectivity index (χ1n) is 9.68. The monoisotopic (exact) mass is 401 g/mol. The summed E-state index contributed by atoms with van der Waals surface area (Å²) in [6, 6.07) is 20.4. The van der Waals surface area contributed by atoms with Crippen molar-refractivity contribution in [2.75, 3.05) is 0 Å². The van der Waals surface area contributed by atoms with Crippen LogP contribution in [0.4, 0.5) is 5.69 Å². The maximum atomic E-state index is 12.5. The van der Waals surface area contributed by atoms with E-state index in [9.17, 15) is 4.79 Å². The summed E-state index contributed by atoms with van der Waals surface area (Å²) in [5.74, 6) is -0.108. The Balaban J connectivity index is 1.60. The summed E-state index contributed by atoms with van der Waals surface area (Å²) in [6.07, 6.45) is 2.95. The van der Waals surface area contributed by atoms with Gasteiger partial charge in [-0.1, -0.05) is 37.3 Å². The van der Waals surface area contributed by atoms with Gasteiger partial charge in [0.1, 0.15) is 0 Å². The molecule has 0 saturated carbocycles. The van der Waals surface area contributed by atoms with Crippen LogP contribution in [0.2, 0.25) is 0 Å². The molecule has 5 heteroatoms. The predicted molar refractivity (Wildman–Crippen MR) is 122 cm³/mol. The van der Waals surface area contributed by atoms with Crippen LogP contribution in [0.15, 0.2) is 70.6 Å². The second-order valence-corrected chi connectivity index (χ2v) is 8.03. The van der Waals surface area contributed by atoms with Crippen molar-refractivity contribution in [2.45, 2.75) is 27.2 Å². The number of amides is 1. The largest absolute Gasteiger partial charge is 0.318 e. The second kappa shape index (κ2) is 8.13. The van der Waals surface area contributed by atoms with Crippen molar-refractivity contribution >= 4 is 34.6 Å². The van der Waals surface area contributed by atoms with E-state index in [1.165, 1.54) is 17.3 Å². The molecular weight excluding hydrogens is 378 g/mol. The van der Waals surface area contributed by atoms with Crippen molar-refractivity contribution < 1.29 is 4.79 Å². The van der Waals surface area contributed by atoms with Gasteiger partial charge in [-0.2, -0.15) is 0 Å². The molecule has 1 aliphatic rings. The lowest BCUT2D eigenvalue weighted by molar-refractivity contribution is -0.115. The molecule has 4 nitrogen and oxygen atoms in total. The number of nitrogens with one attached hydrogen (secondary N) is 1. The van der Waals surface area contributed by atoms with E-state index in [1.807, 2.05) is 36.4 Å². The standard InChI is InChI=1S/C24H23N3OS/c1-4-18-10-12-20(13-11-18)25-24-26-23(28)22(29-24)15-19-14-16(2)27(17(19)3)21-8-6-5-7-9-21/h5-15H,4H2,1-3H3,(H,25,26,28)/b22-15+. The van der Waals surface area contributed by atoms with Crippen LogP contribution in [0, 0.1) is 13.8 Å². The maximum absolute atomic E-state index is 12.5. The van der Waals surface area contributed by atoms with Gasteiger partial charge in [-0.15, -0.1) is 0 Å². The molecule has 0 aliphatic carbocycles. The number of carbonyl (C=O) groups excluding carboxylic acids is 1. The normalized spacial score (nSPS) is 16.6. The smallest absolute Gasteiger partial charge is 0.264 e. The molecule has 0 unspecified atom stereocenters.